The Bertz CT molecular complexity index is 669. The van der Waals surface area contributed by atoms with Gasteiger partial charge in [0.25, 0.3) is 0 Å². The Kier molecular flexibility index (Phi) is 4.98. The standard InChI is InChI=1S/C22H32N2O3S/c1-23(15-9-12-28-13-10-15)20(25)18-17-8-11-22(27-17)14-24(21(26)19(18)22)16-6-4-2-3-5-7-16/h8,11,15-19H,2-7,9-10,12-14H2,1H3/t17-,18-,19+,22-/m0/s1. The second-order valence-electron chi connectivity index (χ2n) is 9.30. The summed E-state index contributed by atoms with van der Waals surface area (Å²) < 4.78 is 6.35. The molecule has 0 N–H and O–H groups in total. The molecular formula is C22H32N2O3S. The summed E-state index contributed by atoms with van der Waals surface area (Å²) >= 11 is 1.97. The second kappa shape index (κ2) is 7.35. The third-order valence-corrected chi connectivity index (χ3v) is 8.82. The van der Waals surface area contributed by atoms with Gasteiger partial charge in [0, 0.05) is 19.1 Å². The van der Waals surface area contributed by atoms with E-state index < -0.39 is 5.60 Å². The molecule has 0 unspecified atom stereocenters. The average Bonchev–Trinajstić information content (AvgIpc) is 3.27. The summed E-state index contributed by atoms with van der Waals surface area (Å²) in [6.07, 6.45) is 13.2. The number of nitrogens with zero attached hydrogens (tertiary/aromatic N) is 2. The molecule has 4 heterocycles. The Morgan fingerprint density at radius 1 is 1.18 bits per heavy atom. The number of fused-ring (bicyclic) bond motifs is 1. The van der Waals surface area contributed by atoms with Crippen LogP contribution in [0.15, 0.2) is 12.2 Å². The van der Waals surface area contributed by atoms with Crippen LogP contribution in [0.1, 0.15) is 51.4 Å². The fourth-order valence-corrected chi connectivity index (χ4v) is 7.26. The Labute approximate surface area is 172 Å². The lowest BCUT2D eigenvalue weighted by atomic mass is 9.76. The average molecular weight is 405 g/mol. The number of carbonyl (C=O) groups is 2. The molecule has 0 radical (unpaired) electrons. The second-order valence-corrected chi connectivity index (χ2v) is 10.5. The van der Waals surface area contributed by atoms with Crippen molar-refractivity contribution in [3.8, 4) is 0 Å². The normalized spacial score (nSPS) is 38.7. The molecule has 5 nitrogen and oxygen atoms in total. The van der Waals surface area contributed by atoms with Crippen LogP contribution < -0.4 is 0 Å². The van der Waals surface area contributed by atoms with Gasteiger partial charge in [-0.05, 0) is 37.2 Å². The highest BCUT2D eigenvalue weighted by Crippen LogP contribution is 2.53. The van der Waals surface area contributed by atoms with E-state index in [0.29, 0.717) is 18.6 Å². The zero-order valence-electron chi connectivity index (χ0n) is 16.8. The molecule has 1 saturated carbocycles. The number of carbonyl (C=O) groups excluding carboxylic acids is 2. The lowest BCUT2D eigenvalue weighted by molar-refractivity contribution is -0.144. The van der Waals surface area contributed by atoms with Crippen LogP contribution in [0.25, 0.3) is 0 Å². The van der Waals surface area contributed by atoms with Gasteiger partial charge in [0.05, 0.1) is 24.5 Å². The number of rotatable bonds is 3. The number of amides is 2. The summed E-state index contributed by atoms with van der Waals surface area (Å²) in [4.78, 5) is 31.1. The molecule has 0 aromatic carbocycles. The number of likely N-dealkylation sites (tertiary alicyclic amines) is 1. The molecule has 2 bridgehead atoms. The maximum absolute atomic E-state index is 13.5. The van der Waals surface area contributed by atoms with Gasteiger partial charge in [0.15, 0.2) is 0 Å². The van der Waals surface area contributed by atoms with E-state index in [9.17, 15) is 9.59 Å². The third-order valence-electron chi connectivity index (χ3n) is 7.77. The van der Waals surface area contributed by atoms with Crippen LogP contribution in [0.5, 0.6) is 0 Å². The van der Waals surface area contributed by atoms with E-state index in [0.717, 1.165) is 37.2 Å². The van der Waals surface area contributed by atoms with Crippen molar-refractivity contribution >= 4 is 23.6 Å². The van der Waals surface area contributed by atoms with E-state index in [1.54, 1.807) is 0 Å². The van der Waals surface area contributed by atoms with Crippen molar-refractivity contribution < 1.29 is 14.3 Å². The Balaban J connectivity index is 1.37. The highest BCUT2D eigenvalue weighted by molar-refractivity contribution is 7.99. The molecule has 3 saturated heterocycles. The van der Waals surface area contributed by atoms with Crippen molar-refractivity contribution in [2.24, 2.45) is 11.8 Å². The maximum Gasteiger partial charge on any atom is 0.230 e. The van der Waals surface area contributed by atoms with Gasteiger partial charge in [0.1, 0.15) is 5.60 Å². The SMILES string of the molecule is CN(C(=O)[C@H]1[C@@H]2C=C[C@@]3(CN(C4CCCCCC4)C(=O)[C@@H]13)O2)C1CCSCC1. The van der Waals surface area contributed by atoms with Crippen molar-refractivity contribution in [2.45, 2.75) is 75.2 Å². The molecule has 0 aromatic rings. The van der Waals surface area contributed by atoms with Gasteiger partial charge >= 0.3 is 0 Å². The van der Waals surface area contributed by atoms with Gasteiger partial charge in [-0.1, -0.05) is 37.8 Å². The largest absolute Gasteiger partial charge is 0.360 e. The molecule has 1 spiro atoms. The molecule has 4 fully saturated rings. The van der Waals surface area contributed by atoms with Gasteiger partial charge in [-0.3, -0.25) is 9.59 Å². The van der Waals surface area contributed by atoms with Crippen LogP contribution in [0.3, 0.4) is 0 Å². The first-order valence-electron chi connectivity index (χ1n) is 11.1. The first-order valence-corrected chi connectivity index (χ1v) is 12.3. The van der Waals surface area contributed by atoms with Crippen LogP contribution in [-0.2, 0) is 14.3 Å². The smallest absolute Gasteiger partial charge is 0.230 e. The number of hydrogen-bond donors (Lipinski definition) is 0. The minimum atomic E-state index is -0.558. The lowest BCUT2D eigenvalue weighted by Gasteiger charge is -2.35. The fraction of sp³-hybridized carbons (Fsp3) is 0.818. The van der Waals surface area contributed by atoms with E-state index in [1.807, 2.05) is 29.8 Å². The predicted octanol–water partition coefficient (Wildman–Crippen LogP) is 2.85. The molecule has 2 amide bonds. The predicted molar refractivity (Wildman–Crippen MR) is 110 cm³/mol. The summed E-state index contributed by atoms with van der Waals surface area (Å²) in [5.74, 6) is 1.87. The van der Waals surface area contributed by atoms with Crippen LogP contribution in [0.2, 0.25) is 0 Å². The zero-order valence-corrected chi connectivity index (χ0v) is 17.7. The Hall–Kier alpha value is -1.01. The minimum Gasteiger partial charge on any atom is -0.360 e. The van der Waals surface area contributed by atoms with Crippen molar-refractivity contribution in [2.75, 3.05) is 25.1 Å². The van der Waals surface area contributed by atoms with Gasteiger partial charge in [-0.2, -0.15) is 11.8 Å². The molecule has 0 aromatic heterocycles. The Morgan fingerprint density at radius 3 is 2.61 bits per heavy atom. The van der Waals surface area contributed by atoms with Crippen molar-refractivity contribution in [1.29, 1.82) is 0 Å². The van der Waals surface area contributed by atoms with E-state index >= 15 is 0 Å². The summed E-state index contributed by atoms with van der Waals surface area (Å²) in [6, 6.07) is 0.636. The number of hydrogen-bond acceptors (Lipinski definition) is 4. The molecular weight excluding hydrogens is 372 g/mol. The molecule has 4 atom stereocenters. The zero-order chi connectivity index (χ0) is 19.3. The van der Waals surface area contributed by atoms with E-state index in [1.165, 1.54) is 25.7 Å². The van der Waals surface area contributed by atoms with Gasteiger partial charge in [-0.15, -0.1) is 0 Å². The molecule has 4 aliphatic heterocycles. The maximum atomic E-state index is 13.5. The summed E-state index contributed by atoms with van der Waals surface area (Å²) in [5.41, 5.74) is -0.558. The summed E-state index contributed by atoms with van der Waals surface area (Å²) in [5, 5.41) is 0. The first-order chi connectivity index (χ1) is 13.6. The Morgan fingerprint density at radius 2 is 1.89 bits per heavy atom. The molecule has 5 aliphatic rings. The lowest BCUT2D eigenvalue weighted by Crippen LogP contribution is -2.49. The third kappa shape index (κ3) is 2.94. The molecule has 28 heavy (non-hydrogen) atoms. The van der Waals surface area contributed by atoms with Crippen LogP contribution in [-0.4, -0.2) is 70.5 Å². The summed E-state index contributed by atoms with van der Waals surface area (Å²) in [7, 11) is 1.94. The van der Waals surface area contributed by atoms with Crippen LogP contribution in [0, 0.1) is 11.8 Å². The molecule has 154 valence electrons. The summed E-state index contributed by atoms with van der Waals surface area (Å²) in [6.45, 7) is 0.641. The molecule has 1 aliphatic carbocycles. The van der Waals surface area contributed by atoms with Crippen molar-refractivity contribution in [3.63, 3.8) is 0 Å². The van der Waals surface area contributed by atoms with Gasteiger partial charge in [0.2, 0.25) is 11.8 Å². The van der Waals surface area contributed by atoms with Crippen molar-refractivity contribution in [3.05, 3.63) is 12.2 Å². The van der Waals surface area contributed by atoms with Crippen molar-refractivity contribution in [1.82, 2.24) is 9.80 Å². The fourth-order valence-electron chi connectivity index (χ4n) is 6.18. The van der Waals surface area contributed by atoms with E-state index in [-0.39, 0.29) is 29.8 Å². The monoisotopic (exact) mass is 404 g/mol. The van der Waals surface area contributed by atoms with E-state index in [2.05, 4.69) is 11.0 Å². The number of thioether (sulfide) groups is 1. The van der Waals surface area contributed by atoms with Gasteiger partial charge in [-0.25, -0.2) is 0 Å². The first kappa shape index (κ1) is 19.0. The van der Waals surface area contributed by atoms with Crippen LogP contribution in [0.4, 0.5) is 0 Å². The molecule has 5 rings (SSSR count). The van der Waals surface area contributed by atoms with Gasteiger partial charge < -0.3 is 14.5 Å². The highest BCUT2D eigenvalue weighted by Gasteiger charge is 2.67. The minimum absolute atomic E-state index is 0.120. The number of ether oxygens (including phenoxy) is 1. The highest BCUT2D eigenvalue weighted by atomic mass is 32.2. The van der Waals surface area contributed by atoms with Crippen LogP contribution >= 0.6 is 11.8 Å². The van der Waals surface area contributed by atoms with E-state index in [4.69, 9.17) is 4.74 Å². The molecule has 6 heteroatoms. The quantitative estimate of drug-likeness (QED) is 0.536. The topological polar surface area (TPSA) is 49.9 Å².